The van der Waals surface area contributed by atoms with Crippen LogP contribution in [0.3, 0.4) is 0 Å². The number of benzene rings is 2. The number of carboxylic acid groups (broad SMARTS) is 1. The molecular formula is C25H31NO4S2Si. The number of thioether (sulfide) groups is 2. The SMILES string of the molecule is C[SiH](C)O[C@@](C)([C@@H]1C(=O)N2C(C(=O)O)=C(SCc3ccc4ccccc4c3)S[C@H]12)C(C)(C)C. The second-order valence-electron chi connectivity index (χ2n) is 10.1. The lowest BCUT2D eigenvalue weighted by molar-refractivity contribution is -0.173. The Morgan fingerprint density at radius 3 is 2.42 bits per heavy atom. The van der Waals surface area contributed by atoms with Gasteiger partial charge < -0.3 is 9.53 Å². The highest BCUT2D eigenvalue weighted by Crippen LogP contribution is 2.59. The highest BCUT2D eigenvalue weighted by Gasteiger charge is 2.65. The van der Waals surface area contributed by atoms with Gasteiger partial charge in [0, 0.05) is 5.75 Å². The summed E-state index contributed by atoms with van der Waals surface area (Å²) in [6.07, 6.45) is 0. The number of β-lactam (4-membered cyclic amide) rings is 1. The lowest BCUT2D eigenvalue weighted by atomic mass is 9.66. The van der Waals surface area contributed by atoms with Crippen molar-refractivity contribution < 1.29 is 19.1 Å². The minimum absolute atomic E-state index is 0.120. The van der Waals surface area contributed by atoms with Gasteiger partial charge in [0.05, 0.1) is 15.8 Å². The normalized spacial score (nSPS) is 22.5. The Hall–Kier alpha value is -1.74. The molecule has 1 saturated heterocycles. The summed E-state index contributed by atoms with van der Waals surface area (Å²) in [6.45, 7) is 12.5. The number of carbonyl (C=O) groups is 2. The molecule has 0 bridgehead atoms. The van der Waals surface area contributed by atoms with Crippen molar-refractivity contribution in [1.29, 1.82) is 0 Å². The summed E-state index contributed by atoms with van der Waals surface area (Å²) in [5.74, 6) is -0.909. The summed E-state index contributed by atoms with van der Waals surface area (Å²) >= 11 is 3.01. The average Bonchev–Trinajstić information content (AvgIpc) is 3.05. The van der Waals surface area contributed by atoms with Crippen LogP contribution >= 0.6 is 23.5 Å². The first kappa shape index (κ1) is 24.4. The molecule has 1 amide bonds. The van der Waals surface area contributed by atoms with E-state index >= 15 is 0 Å². The van der Waals surface area contributed by atoms with Crippen LogP contribution in [0.1, 0.15) is 33.3 Å². The van der Waals surface area contributed by atoms with E-state index in [9.17, 15) is 14.7 Å². The summed E-state index contributed by atoms with van der Waals surface area (Å²) in [6, 6.07) is 14.5. The minimum atomic E-state index is -1.44. The third-order valence-electron chi connectivity index (χ3n) is 6.65. The first-order valence-electron chi connectivity index (χ1n) is 11.2. The summed E-state index contributed by atoms with van der Waals surface area (Å²) in [4.78, 5) is 27.0. The fraction of sp³-hybridized carbons (Fsp3) is 0.440. The largest absolute Gasteiger partial charge is 0.477 e. The number of amides is 1. The fourth-order valence-electron chi connectivity index (χ4n) is 4.57. The number of hydrogen-bond acceptors (Lipinski definition) is 5. The van der Waals surface area contributed by atoms with Crippen molar-refractivity contribution in [3.8, 4) is 0 Å². The lowest BCUT2D eigenvalue weighted by Gasteiger charge is -2.56. The van der Waals surface area contributed by atoms with E-state index in [4.69, 9.17) is 4.43 Å². The summed E-state index contributed by atoms with van der Waals surface area (Å²) < 4.78 is 7.19. The molecule has 1 N–H and O–H groups in total. The maximum Gasteiger partial charge on any atom is 0.354 e. The van der Waals surface area contributed by atoms with Gasteiger partial charge in [-0.25, -0.2) is 4.79 Å². The van der Waals surface area contributed by atoms with Crippen molar-refractivity contribution in [3.63, 3.8) is 0 Å². The zero-order valence-corrected chi connectivity index (χ0v) is 22.7. The highest BCUT2D eigenvalue weighted by molar-refractivity contribution is 8.22. The molecule has 2 aliphatic rings. The van der Waals surface area contributed by atoms with E-state index in [1.807, 2.05) is 19.1 Å². The van der Waals surface area contributed by atoms with Crippen LogP contribution in [0.2, 0.25) is 13.1 Å². The molecule has 0 aliphatic carbocycles. The maximum absolute atomic E-state index is 13.3. The van der Waals surface area contributed by atoms with Crippen molar-refractivity contribution in [2.24, 2.45) is 11.3 Å². The third-order valence-corrected chi connectivity index (χ3v) is 10.3. The number of nitrogens with zero attached hydrogens (tertiary/aromatic N) is 1. The molecule has 0 aromatic heterocycles. The summed E-state index contributed by atoms with van der Waals surface area (Å²) in [7, 11) is -1.44. The predicted octanol–water partition coefficient (Wildman–Crippen LogP) is 5.66. The molecule has 0 spiro atoms. The molecule has 0 unspecified atom stereocenters. The number of fused-ring (bicyclic) bond motifs is 2. The Labute approximate surface area is 205 Å². The van der Waals surface area contributed by atoms with E-state index in [1.54, 1.807) is 0 Å². The standard InChI is InChI=1S/C25H31NO4S2Si/c1-24(2,3)25(4,30-33(5)6)18-20(27)26-19(22(28)29)23(32-21(18)26)31-14-15-11-12-16-9-7-8-10-17(16)13-15/h7-13,18,21,33H,14H2,1-6H3,(H,28,29)/t18-,21-,25+/m1/s1. The van der Waals surface area contributed by atoms with Crippen LogP contribution in [0, 0.1) is 11.3 Å². The van der Waals surface area contributed by atoms with Gasteiger partial charge in [0.1, 0.15) is 5.37 Å². The molecule has 0 radical (unpaired) electrons. The van der Waals surface area contributed by atoms with Gasteiger partial charge in [-0.15, -0.1) is 11.8 Å². The van der Waals surface area contributed by atoms with E-state index in [1.165, 1.54) is 33.8 Å². The van der Waals surface area contributed by atoms with E-state index in [-0.39, 0.29) is 28.3 Å². The van der Waals surface area contributed by atoms with E-state index in [2.05, 4.69) is 64.2 Å². The second-order valence-corrected chi connectivity index (χ2v) is 14.8. The van der Waals surface area contributed by atoms with Gasteiger partial charge >= 0.3 is 5.97 Å². The van der Waals surface area contributed by atoms with Crippen LogP contribution in [-0.2, 0) is 19.8 Å². The van der Waals surface area contributed by atoms with Gasteiger partial charge in [-0.3, -0.25) is 9.69 Å². The number of carbonyl (C=O) groups excluding carboxylic acids is 1. The molecule has 3 atom stereocenters. The second kappa shape index (κ2) is 8.80. The molecule has 2 heterocycles. The maximum atomic E-state index is 13.3. The lowest BCUT2D eigenvalue weighted by Crippen LogP contribution is -2.69. The molecule has 176 valence electrons. The first-order chi connectivity index (χ1) is 15.4. The highest BCUT2D eigenvalue weighted by atomic mass is 32.2. The van der Waals surface area contributed by atoms with Crippen LogP contribution in [0.4, 0.5) is 0 Å². The van der Waals surface area contributed by atoms with Crippen molar-refractivity contribution in [3.05, 3.63) is 58.0 Å². The molecule has 0 saturated carbocycles. The van der Waals surface area contributed by atoms with Crippen LogP contribution in [0.25, 0.3) is 10.8 Å². The van der Waals surface area contributed by atoms with Crippen molar-refractivity contribution in [1.82, 2.24) is 4.90 Å². The third kappa shape index (κ3) is 4.27. The van der Waals surface area contributed by atoms with Gasteiger partial charge in [0.25, 0.3) is 0 Å². The Morgan fingerprint density at radius 2 is 1.82 bits per heavy atom. The van der Waals surface area contributed by atoms with Gasteiger partial charge in [-0.05, 0) is 41.8 Å². The Balaban J connectivity index is 1.58. The van der Waals surface area contributed by atoms with Crippen molar-refractivity contribution in [2.45, 2.75) is 57.5 Å². The zero-order valence-electron chi connectivity index (χ0n) is 19.9. The monoisotopic (exact) mass is 501 g/mol. The number of carboxylic acids is 1. The van der Waals surface area contributed by atoms with E-state index in [0.717, 1.165) is 10.9 Å². The summed E-state index contributed by atoms with van der Waals surface area (Å²) in [5, 5.41) is 12.1. The molecule has 4 rings (SSSR count). The number of aliphatic carboxylic acids is 1. The van der Waals surface area contributed by atoms with Gasteiger partial charge in [-0.1, -0.05) is 75.0 Å². The van der Waals surface area contributed by atoms with Crippen LogP contribution < -0.4 is 0 Å². The molecule has 2 aromatic carbocycles. The molecule has 33 heavy (non-hydrogen) atoms. The van der Waals surface area contributed by atoms with Crippen LogP contribution in [0.5, 0.6) is 0 Å². The Morgan fingerprint density at radius 1 is 1.15 bits per heavy atom. The van der Waals surface area contributed by atoms with Crippen molar-refractivity contribution >= 4 is 55.2 Å². The quantitative estimate of drug-likeness (QED) is 0.390. The molecule has 2 aliphatic heterocycles. The van der Waals surface area contributed by atoms with Crippen LogP contribution in [-0.4, -0.2) is 41.9 Å². The van der Waals surface area contributed by atoms with Gasteiger partial charge in [-0.2, -0.15) is 0 Å². The Kier molecular flexibility index (Phi) is 6.50. The first-order valence-corrected chi connectivity index (χ1v) is 15.8. The molecule has 8 heteroatoms. The summed E-state index contributed by atoms with van der Waals surface area (Å²) in [5.41, 5.74) is 0.333. The van der Waals surface area contributed by atoms with Crippen LogP contribution in [0.15, 0.2) is 52.4 Å². The molecular weight excluding hydrogens is 470 g/mol. The zero-order chi connectivity index (χ0) is 24.1. The average molecular weight is 502 g/mol. The minimum Gasteiger partial charge on any atom is -0.477 e. The number of rotatable bonds is 7. The topological polar surface area (TPSA) is 66.8 Å². The number of hydrogen-bond donors (Lipinski definition) is 1. The fourth-order valence-corrected chi connectivity index (χ4v) is 8.94. The molecule has 5 nitrogen and oxygen atoms in total. The molecule has 2 aromatic rings. The predicted molar refractivity (Wildman–Crippen MR) is 139 cm³/mol. The Bertz CT molecular complexity index is 1140. The molecule has 1 fully saturated rings. The smallest absolute Gasteiger partial charge is 0.354 e. The van der Waals surface area contributed by atoms with Gasteiger partial charge in [0.2, 0.25) is 5.91 Å². The van der Waals surface area contributed by atoms with E-state index in [0.29, 0.717) is 9.99 Å². The van der Waals surface area contributed by atoms with Crippen molar-refractivity contribution in [2.75, 3.05) is 0 Å². The van der Waals surface area contributed by atoms with E-state index < -0.39 is 20.6 Å². The van der Waals surface area contributed by atoms with Gasteiger partial charge in [0.15, 0.2) is 14.7 Å².